The lowest BCUT2D eigenvalue weighted by molar-refractivity contribution is -0.152. The van der Waals surface area contributed by atoms with E-state index in [1.165, 1.54) is 0 Å². The van der Waals surface area contributed by atoms with Crippen LogP contribution < -0.4 is 0 Å². The van der Waals surface area contributed by atoms with Gasteiger partial charge in [0.15, 0.2) is 6.61 Å². The molecule has 0 radical (unpaired) electrons. The van der Waals surface area contributed by atoms with Crippen molar-refractivity contribution >= 4 is 29.4 Å². The van der Waals surface area contributed by atoms with Crippen LogP contribution in [0.15, 0.2) is 36.4 Å². The van der Waals surface area contributed by atoms with E-state index < -0.39 is 12.2 Å². The van der Waals surface area contributed by atoms with Crippen molar-refractivity contribution < 1.29 is 34.1 Å². The Morgan fingerprint density at radius 1 is 1.12 bits per heavy atom. The molecule has 4 atom stereocenters. The molecule has 1 aromatic rings. The summed E-state index contributed by atoms with van der Waals surface area (Å²) < 4.78 is 10.4. The standard InChI is InChI=1S/C33H51NO7S/c1-4-6-16-34(17-7-5-2)32(38)24-41-33(39)12-9-18-42-19-15-29-28(30(36)22-31(29)37)14-13-27(35)21-25-10-8-11-26(20-25)23-40-3/h8,10-11,13-14,20,27-30,35-36H,4-7,9,12,15-19,21-24H2,1-3H3/t27-,28-,29-,30-/m1/s1. The average molecular weight is 606 g/mol. The topological polar surface area (TPSA) is 113 Å². The number of carbonyl (C=O) groups excluding carboxylic acids is 3. The van der Waals surface area contributed by atoms with Crippen molar-refractivity contribution in [1.29, 1.82) is 0 Å². The highest BCUT2D eigenvalue weighted by Gasteiger charge is 2.39. The van der Waals surface area contributed by atoms with E-state index in [0.717, 1.165) is 48.3 Å². The Bertz CT molecular complexity index is 977. The van der Waals surface area contributed by atoms with Gasteiger partial charge < -0.3 is 24.6 Å². The summed E-state index contributed by atoms with van der Waals surface area (Å²) in [4.78, 5) is 38.9. The molecule has 42 heavy (non-hydrogen) atoms. The van der Waals surface area contributed by atoms with Gasteiger partial charge in [0.05, 0.1) is 18.8 Å². The Kier molecular flexibility index (Phi) is 17.7. The Balaban J connectivity index is 1.69. The first-order valence-corrected chi connectivity index (χ1v) is 16.6. The molecule has 0 spiro atoms. The Hall–Kier alpha value is -2.20. The monoisotopic (exact) mass is 605 g/mol. The molecule has 9 heteroatoms. The number of ether oxygens (including phenoxy) is 2. The van der Waals surface area contributed by atoms with Gasteiger partial charge in [-0.25, -0.2) is 0 Å². The van der Waals surface area contributed by atoms with Crippen LogP contribution >= 0.6 is 11.8 Å². The van der Waals surface area contributed by atoms with E-state index in [2.05, 4.69) is 13.8 Å². The van der Waals surface area contributed by atoms with Crippen molar-refractivity contribution in [3.05, 3.63) is 47.5 Å². The molecule has 236 valence electrons. The quantitative estimate of drug-likeness (QED) is 0.117. The average Bonchev–Trinajstić information content (AvgIpc) is 3.24. The number of rotatable bonds is 21. The molecule has 0 heterocycles. The number of aliphatic hydroxyl groups is 2. The number of Topliss-reactive ketones (excluding diaryl/α,β-unsaturated/α-hetero) is 1. The van der Waals surface area contributed by atoms with Crippen LogP contribution in [0.1, 0.15) is 76.3 Å². The molecule has 1 aliphatic rings. The summed E-state index contributed by atoms with van der Waals surface area (Å²) in [5, 5.41) is 21.0. The summed E-state index contributed by atoms with van der Waals surface area (Å²) in [5.41, 5.74) is 2.04. The fourth-order valence-electron chi connectivity index (χ4n) is 5.17. The van der Waals surface area contributed by atoms with Crippen LogP contribution in [0.25, 0.3) is 0 Å². The third-order valence-electron chi connectivity index (χ3n) is 7.55. The summed E-state index contributed by atoms with van der Waals surface area (Å²) in [5.74, 6) is 0.454. The lowest BCUT2D eigenvalue weighted by Crippen LogP contribution is -2.36. The number of hydrogen-bond donors (Lipinski definition) is 2. The first-order chi connectivity index (χ1) is 20.3. The predicted octanol–water partition coefficient (Wildman–Crippen LogP) is 4.73. The van der Waals surface area contributed by atoms with E-state index >= 15 is 0 Å². The molecule has 0 bridgehead atoms. The normalized spacial score (nSPS) is 19.4. The molecule has 8 nitrogen and oxygen atoms in total. The number of esters is 1. The molecule has 0 aliphatic heterocycles. The van der Waals surface area contributed by atoms with Gasteiger partial charge in [0.1, 0.15) is 5.78 Å². The molecule has 1 aliphatic carbocycles. The second-order valence-electron chi connectivity index (χ2n) is 11.1. The lowest BCUT2D eigenvalue weighted by atomic mass is 9.91. The zero-order valence-electron chi connectivity index (χ0n) is 25.7. The minimum atomic E-state index is -0.738. The highest BCUT2D eigenvalue weighted by molar-refractivity contribution is 7.99. The number of carbonyl (C=O) groups is 3. The summed E-state index contributed by atoms with van der Waals surface area (Å²) in [7, 11) is 1.65. The van der Waals surface area contributed by atoms with Crippen LogP contribution in [-0.4, -0.2) is 83.3 Å². The van der Waals surface area contributed by atoms with Crippen LogP contribution in [0.5, 0.6) is 0 Å². The minimum absolute atomic E-state index is 0.0552. The van der Waals surface area contributed by atoms with Crippen LogP contribution in [0.4, 0.5) is 0 Å². The lowest BCUT2D eigenvalue weighted by Gasteiger charge is -2.22. The summed E-state index contributed by atoms with van der Waals surface area (Å²) >= 11 is 1.67. The van der Waals surface area contributed by atoms with Crippen LogP contribution in [0.2, 0.25) is 0 Å². The maximum absolute atomic E-state index is 12.6. The molecular weight excluding hydrogens is 554 g/mol. The number of hydrogen-bond acceptors (Lipinski definition) is 8. The van der Waals surface area contributed by atoms with Crippen molar-refractivity contribution in [1.82, 2.24) is 4.90 Å². The fourth-order valence-corrected chi connectivity index (χ4v) is 6.14. The summed E-state index contributed by atoms with van der Waals surface area (Å²) in [6, 6.07) is 7.88. The van der Waals surface area contributed by atoms with E-state index in [1.54, 1.807) is 35.9 Å². The van der Waals surface area contributed by atoms with Crippen molar-refractivity contribution in [2.24, 2.45) is 11.8 Å². The van der Waals surface area contributed by atoms with E-state index in [-0.39, 0.29) is 48.9 Å². The van der Waals surface area contributed by atoms with E-state index in [0.29, 0.717) is 39.0 Å². The summed E-state index contributed by atoms with van der Waals surface area (Å²) in [6.07, 6.45) is 8.04. The van der Waals surface area contributed by atoms with Gasteiger partial charge in [0.2, 0.25) is 0 Å². The molecule has 0 saturated heterocycles. The third-order valence-corrected chi connectivity index (χ3v) is 8.65. The molecule has 0 unspecified atom stereocenters. The molecule has 2 N–H and O–H groups in total. The van der Waals surface area contributed by atoms with Gasteiger partial charge in [-0.15, -0.1) is 0 Å². The number of benzene rings is 1. The number of ketones is 1. The van der Waals surface area contributed by atoms with Gasteiger partial charge in [-0.3, -0.25) is 14.4 Å². The zero-order valence-corrected chi connectivity index (χ0v) is 26.5. The second-order valence-corrected chi connectivity index (χ2v) is 12.3. The van der Waals surface area contributed by atoms with Crippen LogP contribution in [-0.2, 0) is 36.9 Å². The highest BCUT2D eigenvalue weighted by atomic mass is 32.2. The maximum atomic E-state index is 12.6. The maximum Gasteiger partial charge on any atom is 0.306 e. The number of nitrogens with zero attached hydrogens (tertiary/aromatic N) is 1. The molecule has 1 amide bonds. The summed E-state index contributed by atoms with van der Waals surface area (Å²) in [6.45, 7) is 5.89. The number of aliphatic hydroxyl groups excluding tert-OH is 2. The number of unbranched alkanes of at least 4 members (excludes halogenated alkanes) is 2. The second kappa shape index (κ2) is 20.7. The van der Waals surface area contributed by atoms with Crippen molar-refractivity contribution in [3.63, 3.8) is 0 Å². The van der Waals surface area contributed by atoms with Crippen LogP contribution in [0, 0.1) is 11.8 Å². The van der Waals surface area contributed by atoms with Crippen molar-refractivity contribution in [3.8, 4) is 0 Å². The predicted molar refractivity (Wildman–Crippen MR) is 167 cm³/mol. The van der Waals surface area contributed by atoms with Gasteiger partial charge in [0.25, 0.3) is 5.91 Å². The van der Waals surface area contributed by atoms with E-state index in [1.807, 2.05) is 24.3 Å². The van der Waals surface area contributed by atoms with Crippen molar-refractivity contribution in [2.45, 2.75) is 90.4 Å². The number of amides is 1. The van der Waals surface area contributed by atoms with E-state index in [9.17, 15) is 24.6 Å². The minimum Gasteiger partial charge on any atom is -0.456 e. The largest absolute Gasteiger partial charge is 0.456 e. The van der Waals surface area contributed by atoms with Gasteiger partial charge in [-0.05, 0) is 48.3 Å². The Morgan fingerprint density at radius 3 is 2.52 bits per heavy atom. The first kappa shape index (κ1) is 36.0. The van der Waals surface area contributed by atoms with Crippen molar-refractivity contribution in [2.75, 3.05) is 38.3 Å². The molecule has 1 saturated carbocycles. The molecule has 2 rings (SSSR count). The third kappa shape index (κ3) is 13.4. The van der Waals surface area contributed by atoms with Crippen LogP contribution in [0.3, 0.4) is 0 Å². The molecule has 0 aromatic heterocycles. The number of methoxy groups -OCH3 is 1. The molecule has 1 aromatic carbocycles. The number of thioether (sulfide) groups is 1. The fraction of sp³-hybridized carbons (Fsp3) is 0.667. The SMILES string of the molecule is CCCCN(CCCC)C(=O)COC(=O)CCCSCC[C@H]1C(=O)C[C@@H](O)[C@@H]1C=C[C@@H](O)Cc1cccc(COC)c1. The van der Waals surface area contributed by atoms with Gasteiger partial charge in [-0.2, -0.15) is 11.8 Å². The van der Waals surface area contributed by atoms with Gasteiger partial charge in [0, 0.05) is 51.3 Å². The van der Waals surface area contributed by atoms with Gasteiger partial charge >= 0.3 is 5.97 Å². The molecular formula is C33H51NO7S. The zero-order chi connectivity index (χ0) is 30.7. The van der Waals surface area contributed by atoms with E-state index in [4.69, 9.17) is 9.47 Å². The van der Waals surface area contributed by atoms with Gasteiger partial charge in [-0.1, -0.05) is 63.1 Å². The Labute approximate surface area is 256 Å². The smallest absolute Gasteiger partial charge is 0.306 e. The first-order valence-electron chi connectivity index (χ1n) is 15.4. The molecule has 1 fully saturated rings. The Morgan fingerprint density at radius 2 is 1.83 bits per heavy atom. The highest BCUT2D eigenvalue weighted by Crippen LogP contribution is 2.34.